The average molecular weight is 455 g/mol. The summed E-state index contributed by atoms with van der Waals surface area (Å²) in [7, 11) is 0. The summed E-state index contributed by atoms with van der Waals surface area (Å²) in [5, 5.41) is 8.82. The zero-order valence-corrected chi connectivity index (χ0v) is 18.3. The first-order valence-corrected chi connectivity index (χ1v) is 10.7. The van der Waals surface area contributed by atoms with E-state index in [0.717, 1.165) is 22.4 Å². The van der Waals surface area contributed by atoms with Crippen LogP contribution in [0.4, 0.5) is 5.69 Å². The molecule has 0 radical (unpaired) electrons. The van der Waals surface area contributed by atoms with Crippen LogP contribution < -0.4 is 16.0 Å². The van der Waals surface area contributed by atoms with Crippen molar-refractivity contribution < 1.29 is 19.2 Å². The summed E-state index contributed by atoms with van der Waals surface area (Å²) >= 11 is 6.11. The molecule has 4 amide bonds. The Labute approximate surface area is 190 Å². The third-order valence-corrected chi connectivity index (χ3v) is 6.19. The van der Waals surface area contributed by atoms with Gasteiger partial charge in [-0.3, -0.25) is 24.5 Å². The Kier molecular flexibility index (Phi) is 6.14. The van der Waals surface area contributed by atoms with E-state index >= 15 is 0 Å². The second-order valence-corrected chi connectivity index (χ2v) is 8.34. The predicted octanol–water partition coefficient (Wildman–Crippen LogP) is 2.14. The molecule has 0 aliphatic carbocycles. The van der Waals surface area contributed by atoms with E-state index in [0.29, 0.717) is 17.0 Å². The Morgan fingerprint density at radius 2 is 2.03 bits per heavy atom. The van der Waals surface area contributed by atoms with Crippen molar-refractivity contribution in [2.24, 2.45) is 0 Å². The smallest absolute Gasteiger partial charge is 0.255 e. The number of nitrogens with one attached hydrogen (secondary N) is 3. The number of carbonyl (C=O) groups excluding carboxylic acids is 4. The van der Waals surface area contributed by atoms with Crippen molar-refractivity contribution in [3.8, 4) is 0 Å². The van der Waals surface area contributed by atoms with Crippen LogP contribution in [-0.2, 0) is 27.5 Å². The van der Waals surface area contributed by atoms with E-state index in [9.17, 15) is 19.2 Å². The summed E-state index contributed by atoms with van der Waals surface area (Å²) in [5.74, 6) is -1.20. The SMILES string of the molecule is Cc1ccc(NCC(=O)NCc2cccc3c2CN(C2CCC(=O)NC2=O)C3=O)cc1Cl. The fraction of sp³-hybridized carbons (Fsp3) is 0.304. The highest BCUT2D eigenvalue weighted by Crippen LogP contribution is 2.29. The standard InChI is InChI=1S/C23H23ClN4O4/c1-13-5-6-15(9-18(13)24)25-11-21(30)26-10-14-3-2-4-16-17(14)12-28(23(16)32)19-7-8-20(29)27-22(19)31/h2-6,9,19,25H,7-8,10-12H2,1H3,(H,26,30)(H,27,29,31). The van der Waals surface area contributed by atoms with Crippen LogP contribution in [0.2, 0.25) is 5.02 Å². The predicted molar refractivity (Wildman–Crippen MR) is 119 cm³/mol. The summed E-state index contributed by atoms with van der Waals surface area (Å²) in [6, 6.07) is 10.2. The quantitative estimate of drug-likeness (QED) is 0.579. The second kappa shape index (κ2) is 9.00. The van der Waals surface area contributed by atoms with Crippen molar-refractivity contribution in [1.82, 2.24) is 15.5 Å². The molecular formula is C23H23ClN4O4. The molecule has 32 heavy (non-hydrogen) atoms. The summed E-state index contributed by atoms with van der Waals surface area (Å²) < 4.78 is 0. The van der Waals surface area contributed by atoms with Crippen molar-refractivity contribution in [2.45, 2.75) is 38.9 Å². The fourth-order valence-corrected chi connectivity index (χ4v) is 4.14. The van der Waals surface area contributed by atoms with Crippen molar-refractivity contribution in [1.29, 1.82) is 0 Å². The van der Waals surface area contributed by atoms with Crippen LogP contribution in [0.1, 0.15) is 39.9 Å². The number of piperidine rings is 1. The van der Waals surface area contributed by atoms with E-state index in [-0.39, 0.29) is 43.8 Å². The molecule has 2 aliphatic heterocycles. The van der Waals surface area contributed by atoms with E-state index in [1.807, 2.05) is 25.1 Å². The molecule has 1 unspecified atom stereocenters. The summed E-state index contributed by atoms with van der Waals surface area (Å²) in [6.45, 7) is 2.51. The molecule has 2 heterocycles. The van der Waals surface area contributed by atoms with E-state index in [1.54, 1.807) is 18.2 Å². The summed E-state index contributed by atoms with van der Waals surface area (Å²) in [4.78, 5) is 50.3. The number of rotatable bonds is 6. The van der Waals surface area contributed by atoms with Crippen molar-refractivity contribution in [3.63, 3.8) is 0 Å². The lowest BCUT2D eigenvalue weighted by Gasteiger charge is -2.29. The fourth-order valence-electron chi connectivity index (χ4n) is 3.96. The Morgan fingerprint density at radius 3 is 2.78 bits per heavy atom. The van der Waals surface area contributed by atoms with Gasteiger partial charge in [0.1, 0.15) is 6.04 Å². The van der Waals surface area contributed by atoms with Gasteiger partial charge in [-0.2, -0.15) is 0 Å². The monoisotopic (exact) mass is 454 g/mol. The van der Waals surface area contributed by atoms with Gasteiger partial charge < -0.3 is 15.5 Å². The first kappa shape index (κ1) is 21.8. The number of carbonyl (C=O) groups is 4. The zero-order chi connectivity index (χ0) is 22.8. The molecule has 8 nitrogen and oxygen atoms in total. The molecule has 0 saturated carbocycles. The molecule has 2 aromatic rings. The topological polar surface area (TPSA) is 108 Å². The van der Waals surface area contributed by atoms with Crippen LogP contribution in [0.25, 0.3) is 0 Å². The van der Waals surface area contributed by atoms with Gasteiger partial charge in [-0.15, -0.1) is 0 Å². The number of hydrogen-bond acceptors (Lipinski definition) is 5. The molecule has 1 fully saturated rings. The van der Waals surface area contributed by atoms with E-state index in [1.165, 1.54) is 4.90 Å². The zero-order valence-electron chi connectivity index (χ0n) is 17.5. The highest BCUT2D eigenvalue weighted by atomic mass is 35.5. The van der Waals surface area contributed by atoms with Crippen molar-refractivity contribution in [3.05, 3.63) is 63.7 Å². The van der Waals surface area contributed by atoms with Crippen LogP contribution >= 0.6 is 11.6 Å². The van der Waals surface area contributed by atoms with Gasteiger partial charge >= 0.3 is 0 Å². The number of anilines is 1. The number of halogens is 1. The lowest BCUT2D eigenvalue weighted by molar-refractivity contribution is -0.137. The Hall–Kier alpha value is -3.39. The van der Waals surface area contributed by atoms with Gasteiger partial charge in [0.05, 0.1) is 6.54 Å². The molecule has 9 heteroatoms. The maximum atomic E-state index is 12.9. The van der Waals surface area contributed by atoms with Crippen LogP contribution in [0.5, 0.6) is 0 Å². The first-order valence-electron chi connectivity index (χ1n) is 10.4. The van der Waals surface area contributed by atoms with Gasteiger partial charge in [-0.25, -0.2) is 0 Å². The highest BCUT2D eigenvalue weighted by Gasteiger charge is 2.39. The number of amides is 4. The lowest BCUT2D eigenvalue weighted by atomic mass is 10.0. The van der Waals surface area contributed by atoms with E-state index < -0.39 is 11.9 Å². The first-order chi connectivity index (χ1) is 15.3. The summed E-state index contributed by atoms with van der Waals surface area (Å²) in [6.07, 6.45) is 0.518. The number of benzene rings is 2. The van der Waals surface area contributed by atoms with Crippen molar-refractivity contribution >= 4 is 40.9 Å². The number of hydrogen-bond donors (Lipinski definition) is 3. The molecule has 1 saturated heterocycles. The van der Waals surface area contributed by atoms with Gasteiger partial charge in [0.15, 0.2) is 0 Å². The van der Waals surface area contributed by atoms with Crippen LogP contribution in [0.3, 0.4) is 0 Å². The normalized spacial score (nSPS) is 17.8. The number of fused-ring (bicyclic) bond motifs is 1. The van der Waals surface area contributed by atoms with Gasteiger partial charge in [0.25, 0.3) is 5.91 Å². The Morgan fingerprint density at radius 1 is 1.22 bits per heavy atom. The molecule has 2 aromatic carbocycles. The largest absolute Gasteiger partial charge is 0.376 e. The molecule has 4 rings (SSSR count). The van der Waals surface area contributed by atoms with E-state index in [2.05, 4.69) is 16.0 Å². The minimum atomic E-state index is -0.666. The molecule has 166 valence electrons. The summed E-state index contributed by atoms with van der Waals surface area (Å²) in [5.41, 5.74) is 3.84. The molecule has 0 spiro atoms. The third kappa shape index (κ3) is 4.45. The van der Waals surface area contributed by atoms with Gasteiger partial charge in [0, 0.05) is 35.8 Å². The maximum Gasteiger partial charge on any atom is 0.255 e. The van der Waals surface area contributed by atoms with E-state index in [4.69, 9.17) is 11.6 Å². The van der Waals surface area contributed by atoms with Crippen LogP contribution in [-0.4, -0.2) is 41.1 Å². The molecule has 0 bridgehead atoms. The number of nitrogens with zero attached hydrogens (tertiary/aromatic N) is 1. The Balaban J connectivity index is 1.38. The van der Waals surface area contributed by atoms with Gasteiger partial charge in [0.2, 0.25) is 17.7 Å². The minimum Gasteiger partial charge on any atom is -0.376 e. The molecule has 3 N–H and O–H groups in total. The molecule has 0 aromatic heterocycles. The second-order valence-electron chi connectivity index (χ2n) is 7.94. The van der Waals surface area contributed by atoms with Crippen LogP contribution in [0, 0.1) is 6.92 Å². The van der Waals surface area contributed by atoms with Crippen LogP contribution in [0.15, 0.2) is 36.4 Å². The maximum absolute atomic E-state index is 12.9. The average Bonchev–Trinajstić information content (AvgIpc) is 3.10. The van der Waals surface area contributed by atoms with Gasteiger partial charge in [-0.05, 0) is 48.2 Å². The highest BCUT2D eigenvalue weighted by molar-refractivity contribution is 6.31. The number of imide groups is 1. The van der Waals surface area contributed by atoms with Crippen molar-refractivity contribution in [2.75, 3.05) is 11.9 Å². The Bertz CT molecular complexity index is 1120. The lowest BCUT2D eigenvalue weighted by Crippen LogP contribution is -2.52. The molecule has 1 atom stereocenters. The minimum absolute atomic E-state index is 0.0791. The third-order valence-electron chi connectivity index (χ3n) is 5.78. The molecule has 2 aliphatic rings. The number of aryl methyl sites for hydroxylation is 1. The van der Waals surface area contributed by atoms with Gasteiger partial charge in [-0.1, -0.05) is 29.8 Å². The molecular weight excluding hydrogens is 432 g/mol.